The van der Waals surface area contributed by atoms with Crippen LogP contribution in [0.25, 0.3) is 0 Å². The average molecular weight is 571 g/mol. The van der Waals surface area contributed by atoms with Crippen molar-refractivity contribution < 1.29 is 23.9 Å². The standard InChI is InChI=1S/C33H31ClN2O5/c1-19-14-15-20(17-25(19)34)35-26(37)18-41-27(38)13-3-2-8-16-36-32(39)30-28-21-9-4-5-10-22(21)29(31(30)33(36)40)24-12-7-6-11-23(24)28/h4-7,9-12,14-15,17,28-31H,2-3,8,13,16,18H2,1H3,(H,35,37)/t28?,29?,30-,31-/m0/s1. The highest BCUT2D eigenvalue weighted by molar-refractivity contribution is 6.31. The molecular weight excluding hydrogens is 540 g/mol. The monoisotopic (exact) mass is 570 g/mol. The molecule has 2 atom stereocenters. The van der Waals surface area contributed by atoms with Crippen LogP contribution < -0.4 is 5.32 Å². The maximum atomic E-state index is 13.6. The molecule has 7 rings (SSSR count). The number of hydrogen-bond acceptors (Lipinski definition) is 5. The van der Waals surface area contributed by atoms with E-state index < -0.39 is 11.9 Å². The van der Waals surface area contributed by atoms with Crippen LogP contribution in [0.3, 0.4) is 0 Å². The Kier molecular flexibility index (Phi) is 7.39. The van der Waals surface area contributed by atoms with E-state index in [0.717, 1.165) is 27.8 Å². The van der Waals surface area contributed by atoms with E-state index >= 15 is 0 Å². The van der Waals surface area contributed by atoms with Gasteiger partial charge in [-0.2, -0.15) is 0 Å². The maximum Gasteiger partial charge on any atom is 0.306 e. The van der Waals surface area contributed by atoms with Crippen LogP contribution in [0.15, 0.2) is 66.7 Å². The molecule has 7 nitrogen and oxygen atoms in total. The van der Waals surface area contributed by atoms with Gasteiger partial charge in [-0.25, -0.2) is 0 Å². The summed E-state index contributed by atoms with van der Waals surface area (Å²) in [7, 11) is 0. The third-order valence-electron chi connectivity index (χ3n) is 8.62. The Morgan fingerprint density at radius 3 is 1.93 bits per heavy atom. The second-order valence-corrected chi connectivity index (χ2v) is 11.5. The number of unbranched alkanes of at least 4 members (excludes halogenated alkanes) is 2. The number of carbonyl (C=O) groups excluding carboxylic acids is 4. The van der Waals surface area contributed by atoms with E-state index in [2.05, 4.69) is 29.6 Å². The largest absolute Gasteiger partial charge is 0.456 e. The molecule has 8 heteroatoms. The van der Waals surface area contributed by atoms with Crippen molar-refractivity contribution in [3.63, 3.8) is 0 Å². The molecule has 2 bridgehead atoms. The van der Waals surface area contributed by atoms with E-state index in [-0.39, 0.29) is 48.5 Å². The number of benzene rings is 3. The second kappa shape index (κ2) is 11.1. The van der Waals surface area contributed by atoms with Crippen LogP contribution in [0.1, 0.15) is 65.3 Å². The molecule has 0 spiro atoms. The molecule has 1 N–H and O–H groups in total. The summed E-state index contributed by atoms with van der Waals surface area (Å²) >= 11 is 6.07. The topological polar surface area (TPSA) is 92.8 Å². The summed E-state index contributed by atoms with van der Waals surface area (Å²) in [5.41, 5.74) is 6.08. The Morgan fingerprint density at radius 1 is 0.829 bits per heavy atom. The van der Waals surface area contributed by atoms with E-state index in [4.69, 9.17) is 16.3 Å². The number of amides is 3. The van der Waals surface area contributed by atoms with Crippen LogP contribution in [0, 0.1) is 18.8 Å². The predicted molar refractivity (Wildman–Crippen MR) is 155 cm³/mol. The van der Waals surface area contributed by atoms with Gasteiger partial charge in [0.05, 0.1) is 11.8 Å². The lowest BCUT2D eigenvalue weighted by atomic mass is 9.55. The van der Waals surface area contributed by atoms with E-state index in [9.17, 15) is 19.2 Å². The first-order chi connectivity index (χ1) is 19.8. The lowest BCUT2D eigenvalue weighted by Gasteiger charge is -2.45. The fourth-order valence-corrected chi connectivity index (χ4v) is 6.94. The normalized spacial score (nSPS) is 21.8. The molecule has 1 heterocycles. The smallest absolute Gasteiger partial charge is 0.306 e. The number of likely N-dealkylation sites (tertiary alicyclic amines) is 1. The zero-order valence-electron chi connectivity index (χ0n) is 22.8. The fraction of sp³-hybridized carbons (Fsp3) is 0.333. The Balaban J connectivity index is 0.993. The molecule has 3 aliphatic carbocycles. The predicted octanol–water partition coefficient (Wildman–Crippen LogP) is 5.58. The van der Waals surface area contributed by atoms with Crippen molar-refractivity contribution >= 4 is 41.0 Å². The summed E-state index contributed by atoms with van der Waals surface area (Å²) in [4.78, 5) is 53.0. The molecule has 3 amide bonds. The van der Waals surface area contributed by atoms with Crippen molar-refractivity contribution in [3.8, 4) is 0 Å². The van der Waals surface area contributed by atoms with Crippen molar-refractivity contribution in [1.82, 2.24) is 4.90 Å². The van der Waals surface area contributed by atoms with Gasteiger partial charge in [-0.3, -0.25) is 24.1 Å². The van der Waals surface area contributed by atoms with Crippen molar-refractivity contribution in [2.24, 2.45) is 11.8 Å². The van der Waals surface area contributed by atoms with Gasteiger partial charge >= 0.3 is 5.97 Å². The Hall–Kier alpha value is -3.97. The molecule has 4 aliphatic rings. The van der Waals surface area contributed by atoms with Crippen molar-refractivity contribution in [1.29, 1.82) is 0 Å². The Bertz CT molecular complexity index is 1440. The number of ether oxygens (including phenoxy) is 1. The number of aryl methyl sites for hydroxylation is 1. The van der Waals surface area contributed by atoms with Gasteiger partial charge in [0.25, 0.3) is 5.91 Å². The molecule has 0 saturated carbocycles. The highest BCUT2D eigenvalue weighted by atomic mass is 35.5. The molecule has 3 aromatic rings. The maximum absolute atomic E-state index is 13.6. The van der Waals surface area contributed by atoms with Gasteiger partial charge < -0.3 is 10.1 Å². The highest BCUT2D eigenvalue weighted by Crippen LogP contribution is 2.60. The van der Waals surface area contributed by atoms with Gasteiger partial charge in [-0.05, 0) is 59.7 Å². The number of anilines is 1. The number of imide groups is 1. The number of hydrogen-bond donors (Lipinski definition) is 1. The molecule has 1 fully saturated rings. The number of halogens is 1. The number of rotatable bonds is 9. The minimum atomic E-state index is -0.464. The molecular formula is C33H31ClN2O5. The molecule has 0 unspecified atom stereocenters. The van der Waals surface area contributed by atoms with Crippen LogP contribution >= 0.6 is 11.6 Å². The number of nitrogens with zero attached hydrogens (tertiary/aromatic N) is 1. The van der Waals surface area contributed by atoms with Crippen LogP contribution in [0.2, 0.25) is 5.02 Å². The van der Waals surface area contributed by atoms with Crippen LogP contribution in [0.4, 0.5) is 5.69 Å². The minimum Gasteiger partial charge on any atom is -0.456 e. The van der Waals surface area contributed by atoms with Gasteiger partial charge in [-0.15, -0.1) is 0 Å². The number of carbonyl (C=O) groups is 4. The van der Waals surface area contributed by atoms with Crippen LogP contribution in [-0.4, -0.2) is 41.7 Å². The lowest BCUT2D eigenvalue weighted by Crippen LogP contribution is -2.41. The zero-order valence-corrected chi connectivity index (χ0v) is 23.5. The molecule has 41 heavy (non-hydrogen) atoms. The van der Waals surface area contributed by atoms with Crippen molar-refractivity contribution in [2.45, 2.75) is 44.4 Å². The van der Waals surface area contributed by atoms with Gasteiger partial charge in [-0.1, -0.05) is 72.6 Å². The summed E-state index contributed by atoms with van der Waals surface area (Å²) in [6, 6.07) is 21.6. The average Bonchev–Trinajstić information content (AvgIpc) is 3.23. The molecule has 1 aliphatic heterocycles. The molecule has 0 radical (unpaired) electrons. The van der Waals surface area contributed by atoms with E-state index in [1.807, 2.05) is 31.2 Å². The van der Waals surface area contributed by atoms with E-state index in [1.165, 1.54) is 4.90 Å². The number of nitrogens with one attached hydrogen (secondary N) is 1. The summed E-state index contributed by atoms with van der Waals surface area (Å²) in [6.07, 6.45) is 1.96. The minimum absolute atomic E-state index is 0.0840. The van der Waals surface area contributed by atoms with Crippen LogP contribution in [-0.2, 0) is 23.9 Å². The third-order valence-corrected chi connectivity index (χ3v) is 9.03. The quantitative estimate of drug-likeness (QED) is 0.206. The fourth-order valence-electron chi connectivity index (χ4n) is 6.76. The van der Waals surface area contributed by atoms with Crippen LogP contribution in [0.5, 0.6) is 0 Å². The Labute approximate surface area is 243 Å². The molecule has 210 valence electrons. The first-order valence-corrected chi connectivity index (χ1v) is 14.5. The van der Waals surface area contributed by atoms with Gasteiger partial charge in [0.2, 0.25) is 11.8 Å². The molecule has 0 aromatic heterocycles. The van der Waals surface area contributed by atoms with Gasteiger partial charge in [0.1, 0.15) is 0 Å². The second-order valence-electron chi connectivity index (χ2n) is 11.1. The first kappa shape index (κ1) is 27.2. The summed E-state index contributed by atoms with van der Waals surface area (Å²) in [6.45, 7) is 1.83. The summed E-state index contributed by atoms with van der Waals surface area (Å²) < 4.78 is 5.10. The first-order valence-electron chi connectivity index (χ1n) is 14.1. The van der Waals surface area contributed by atoms with Gasteiger partial charge in [0.15, 0.2) is 6.61 Å². The van der Waals surface area contributed by atoms with Crippen molar-refractivity contribution in [3.05, 3.63) is 99.6 Å². The highest BCUT2D eigenvalue weighted by Gasteiger charge is 2.61. The Morgan fingerprint density at radius 2 is 1.39 bits per heavy atom. The lowest BCUT2D eigenvalue weighted by molar-refractivity contribution is -0.147. The summed E-state index contributed by atoms with van der Waals surface area (Å²) in [5.74, 6) is -2.01. The number of esters is 1. The third kappa shape index (κ3) is 4.93. The molecule has 1 saturated heterocycles. The molecule has 3 aromatic carbocycles. The van der Waals surface area contributed by atoms with E-state index in [1.54, 1.807) is 18.2 Å². The summed E-state index contributed by atoms with van der Waals surface area (Å²) in [5, 5.41) is 3.19. The SMILES string of the molecule is Cc1ccc(NC(=O)COC(=O)CCCCCN2C(=O)[C@H]3C4c5ccccc5C(c5ccccc54)[C@@H]3C2=O)cc1Cl. The van der Waals surface area contributed by atoms with Crippen molar-refractivity contribution in [2.75, 3.05) is 18.5 Å². The van der Waals surface area contributed by atoms with E-state index in [0.29, 0.717) is 36.5 Å². The zero-order chi connectivity index (χ0) is 28.7. The van der Waals surface area contributed by atoms with Gasteiger partial charge in [0, 0.05) is 35.5 Å².